The number of esters is 1. The Hall–Kier alpha value is -0.940. The van der Waals surface area contributed by atoms with Crippen molar-refractivity contribution in [2.75, 3.05) is 13.2 Å². The van der Waals surface area contributed by atoms with Crippen LogP contribution >= 0.6 is 0 Å². The van der Waals surface area contributed by atoms with Gasteiger partial charge in [-0.25, -0.2) is 0 Å². The van der Waals surface area contributed by atoms with Gasteiger partial charge in [0.05, 0.1) is 12.5 Å². The summed E-state index contributed by atoms with van der Waals surface area (Å²) in [6.07, 6.45) is 2.23. The van der Waals surface area contributed by atoms with Crippen LogP contribution < -0.4 is 0 Å². The number of rotatable bonds is 6. The van der Waals surface area contributed by atoms with Crippen LogP contribution in [-0.2, 0) is 14.3 Å². The van der Waals surface area contributed by atoms with Gasteiger partial charge >= 0.3 is 5.97 Å². The van der Waals surface area contributed by atoms with Crippen molar-refractivity contribution in [2.45, 2.75) is 70.6 Å². The van der Waals surface area contributed by atoms with Crippen molar-refractivity contribution in [1.82, 2.24) is 4.90 Å². The third-order valence-electron chi connectivity index (χ3n) is 3.98. The normalized spacial score (nSPS) is 22.4. The molecule has 5 nitrogen and oxygen atoms in total. The fourth-order valence-corrected chi connectivity index (χ4v) is 3.37. The molecule has 116 valence electrons. The van der Waals surface area contributed by atoms with Gasteiger partial charge in [0.15, 0.2) is 0 Å². The maximum Gasteiger partial charge on any atom is 0.306 e. The minimum absolute atomic E-state index is 0.129. The lowest BCUT2D eigenvalue weighted by Gasteiger charge is -2.54. The van der Waals surface area contributed by atoms with Gasteiger partial charge in [-0.3, -0.25) is 9.69 Å². The number of carbonyl (C=O) groups is 2. The number of likely N-dealkylation sites (tertiary alicyclic amines) is 1. The quantitative estimate of drug-likeness (QED) is 0.592. The number of aliphatic hydroxyl groups excluding tert-OH is 1. The standard InChI is InChI=1S/C15H27NO4/c1-14(2)10-12(18)11-15(3,4)16(14)7-9-20-13(19)6-5-8-17/h8,12,18H,5-7,9-11H2,1-4H3. The topological polar surface area (TPSA) is 66.8 Å². The van der Waals surface area contributed by atoms with Crippen molar-refractivity contribution in [1.29, 1.82) is 0 Å². The molecule has 0 bridgehead atoms. The Bertz CT molecular complexity index is 334. The molecule has 0 aromatic rings. The molecule has 0 aromatic heterocycles. The Labute approximate surface area is 121 Å². The van der Waals surface area contributed by atoms with Crippen molar-refractivity contribution in [3.63, 3.8) is 0 Å². The summed E-state index contributed by atoms with van der Waals surface area (Å²) in [5.41, 5.74) is -0.257. The van der Waals surface area contributed by atoms with Gasteiger partial charge in [-0.2, -0.15) is 0 Å². The average Bonchev–Trinajstić information content (AvgIpc) is 2.28. The lowest BCUT2D eigenvalue weighted by Crippen LogP contribution is -2.62. The van der Waals surface area contributed by atoms with Crippen LogP contribution in [0.3, 0.4) is 0 Å². The van der Waals surface area contributed by atoms with E-state index in [4.69, 9.17) is 4.74 Å². The van der Waals surface area contributed by atoms with Crippen LogP contribution in [-0.4, -0.2) is 52.6 Å². The highest BCUT2D eigenvalue weighted by atomic mass is 16.5. The summed E-state index contributed by atoms with van der Waals surface area (Å²) in [6.45, 7) is 9.37. The first-order valence-electron chi connectivity index (χ1n) is 7.24. The summed E-state index contributed by atoms with van der Waals surface area (Å²) in [5.74, 6) is -0.329. The van der Waals surface area contributed by atoms with E-state index < -0.39 is 0 Å². The zero-order valence-corrected chi connectivity index (χ0v) is 13.0. The molecular formula is C15H27NO4. The van der Waals surface area contributed by atoms with Crippen LogP contribution in [0.15, 0.2) is 0 Å². The highest BCUT2D eigenvalue weighted by Gasteiger charge is 2.44. The van der Waals surface area contributed by atoms with E-state index in [9.17, 15) is 14.7 Å². The Morgan fingerprint density at radius 2 is 1.85 bits per heavy atom. The number of hydrogen-bond donors (Lipinski definition) is 1. The number of aldehydes is 1. The van der Waals surface area contributed by atoms with Crippen molar-refractivity contribution >= 4 is 12.3 Å². The SMILES string of the molecule is CC1(C)CC(O)CC(C)(C)N1CCOC(=O)CCC=O. The molecule has 5 heteroatoms. The molecule has 1 fully saturated rings. The lowest BCUT2D eigenvalue weighted by molar-refractivity contribution is -0.147. The van der Waals surface area contributed by atoms with E-state index in [1.807, 2.05) is 0 Å². The van der Waals surface area contributed by atoms with Crippen LogP contribution in [0.2, 0.25) is 0 Å². The van der Waals surface area contributed by atoms with Crippen LogP contribution in [0, 0.1) is 0 Å². The van der Waals surface area contributed by atoms with E-state index in [0.29, 0.717) is 13.2 Å². The van der Waals surface area contributed by atoms with Gasteiger partial charge in [0.1, 0.15) is 12.9 Å². The van der Waals surface area contributed by atoms with Gasteiger partial charge in [-0.15, -0.1) is 0 Å². The molecule has 0 aliphatic carbocycles. The molecule has 1 aliphatic rings. The molecule has 1 saturated heterocycles. The van der Waals surface area contributed by atoms with E-state index in [-0.39, 0.29) is 36.0 Å². The largest absolute Gasteiger partial charge is 0.464 e. The monoisotopic (exact) mass is 285 g/mol. The highest BCUT2D eigenvalue weighted by molar-refractivity contribution is 5.72. The van der Waals surface area contributed by atoms with E-state index >= 15 is 0 Å². The summed E-state index contributed by atoms with van der Waals surface area (Å²) < 4.78 is 5.16. The predicted molar refractivity (Wildman–Crippen MR) is 76.4 cm³/mol. The number of hydrogen-bond acceptors (Lipinski definition) is 5. The van der Waals surface area contributed by atoms with Crippen molar-refractivity contribution in [3.8, 4) is 0 Å². The van der Waals surface area contributed by atoms with Crippen LogP contribution in [0.4, 0.5) is 0 Å². The molecular weight excluding hydrogens is 258 g/mol. The Balaban J connectivity index is 2.52. The number of carbonyl (C=O) groups excluding carboxylic acids is 2. The zero-order valence-electron chi connectivity index (χ0n) is 13.0. The molecule has 0 amide bonds. The number of ether oxygens (including phenoxy) is 1. The number of nitrogens with zero attached hydrogens (tertiary/aromatic N) is 1. The van der Waals surface area contributed by atoms with Crippen LogP contribution in [0.1, 0.15) is 53.4 Å². The molecule has 1 aliphatic heterocycles. The van der Waals surface area contributed by atoms with E-state index in [1.54, 1.807) is 0 Å². The Kier molecular flexibility index (Phi) is 5.71. The van der Waals surface area contributed by atoms with E-state index in [0.717, 1.165) is 19.1 Å². The first-order chi connectivity index (χ1) is 9.19. The average molecular weight is 285 g/mol. The minimum Gasteiger partial charge on any atom is -0.464 e. The highest BCUT2D eigenvalue weighted by Crippen LogP contribution is 2.37. The first-order valence-corrected chi connectivity index (χ1v) is 7.24. The van der Waals surface area contributed by atoms with Crippen LogP contribution in [0.25, 0.3) is 0 Å². The summed E-state index contributed by atoms with van der Waals surface area (Å²) in [7, 11) is 0. The molecule has 0 saturated carbocycles. The predicted octanol–water partition coefficient (Wildman–Crippen LogP) is 1.52. The molecule has 1 heterocycles. The fourth-order valence-electron chi connectivity index (χ4n) is 3.37. The summed E-state index contributed by atoms with van der Waals surface area (Å²) >= 11 is 0. The molecule has 0 spiro atoms. The zero-order chi connectivity index (χ0) is 15.4. The lowest BCUT2D eigenvalue weighted by atomic mass is 9.78. The second-order valence-corrected chi connectivity index (χ2v) is 6.76. The van der Waals surface area contributed by atoms with Gasteiger partial charge in [0.25, 0.3) is 0 Å². The van der Waals surface area contributed by atoms with Gasteiger partial charge in [0.2, 0.25) is 0 Å². The van der Waals surface area contributed by atoms with Gasteiger partial charge in [0, 0.05) is 24.0 Å². The molecule has 0 radical (unpaired) electrons. The van der Waals surface area contributed by atoms with Crippen molar-refractivity contribution in [3.05, 3.63) is 0 Å². The molecule has 1 rings (SSSR count). The van der Waals surface area contributed by atoms with Crippen molar-refractivity contribution < 1.29 is 19.4 Å². The van der Waals surface area contributed by atoms with Gasteiger partial charge < -0.3 is 14.6 Å². The minimum atomic E-state index is -0.329. The maximum absolute atomic E-state index is 11.4. The molecule has 0 atom stereocenters. The molecule has 1 N–H and O–H groups in total. The van der Waals surface area contributed by atoms with Gasteiger partial charge in [-0.05, 0) is 40.5 Å². The second kappa shape index (κ2) is 6.68. The van der Waals surface area contributed by atoms with Crippen molar-refractivity contribution in [2.24, 2.45) is 0 Å². The van der Waals surface area contributed by atoms with Gasteiger partial charge in [-0.1, -0.05) is 0 Å². The summed E-state index contributed by atoms with van der Waals surface area (Å²) in [4.78, 5) is 23.9. The number of piperidine rings is 1. The third-order valence-corrected chi connectivity index (χ3v) is 3.98. The van der Waals surface area contributed by atoms with Crippen LogP contribution in [0.5, 0.6) is 0 Å². The second-order valence-electron chi connectivity index (χ2n) is 6.76. The smallest absolute Gasteiger partial charge is 0.306 e. The van der Waals surface area contributed by atoms with E-state index in [1.165, 1.54) is 0 Å². The number of aliphatic hydroxyl groups is 1. The fraction of sp³-hybridized carbons (Fsp3) is 0.867. The Morgan fingerprint density at radius 3 is 2.35 bits per heavy atom. The molecule has 0 aromatic carbocycles. The Morgan fingerprint density at radius 1 is 1.30 bits per heavy atom. The summed E-state index contributed by atoms with van der Waals surface area (Å²) in [6, 6.07) is 0. The van der Waals surface area contributed by atoms with E-state index in [2.05, 4.69) is 32.6 Å². The molecule has 20 heavy (non-hydrogen) atoms. The maximum atomic E-state index is 11.4. The molecule has 0 unspecified atom stereocenters. The summed E-state index contributed by atoms with van der Waals surface area (Å²) in [5, 5.41) is 9.96. The first kappa shape index (κ1) is 17.1. The third kappa shape index (κ3) is 4.56.